The molecule has 0 saturated carbocycles. The van der Waals surface area contributed by atoms with Crippen molar-refractivity contribution in [3.8, 4) is 0 Å². The van der Waals surface area contributed by atoms with Crippen molar-refractivity contribution in [1.29, 1.82) is 0 Å². The van der Waals surface area contributed by atoms with Gasteiger partial charge in [0.25, 0.3) is 11.6 Å². The van der Waals surface area contributed by atoms with Gasteiger partial charge in [-0.3, -0.25) is 14.9 Å². The average molecular weight is 394 g/mol. The summed E-state index contributed by atoms with van der Waals surface area (Å²) in [4.78, 5) is 26.3. The molecular formula is C18H26N4O6. The minimum Gasteiger partial charge on any atom is -0.459 e. The first kappa shape index (κ1) is 21.6. The van der Waals surface area contributed by atoms with E-state index in [1.54, 1.807) is 6.08 Å². The number of nitrogens with one attached hydrogen (secondary N) is 2. The Morgan fingerprint density at radius 2 is 2.25 bits per heavy atom. The van der Waals surface area contributed by atoms with Crippen molar-refractivity contribution in [3.63, 3.8) is 0 Å². The molecule has 0 spiro atoms. The van der Waals surface area contributed by atoms with Crippen LogP contribution in [0, 0.1) is 16.0 Å². The summed E-state index contributed by atoms with van der Waals surface area (Å²) < 4.78 is 11.2. The van der Waals surface area contributed by atoms with Gasteiger partial charge in [0.15, 0.2) is 5.76 Å². The van der Waals surface area contributed by atoms with Crippen LogP contribution in [-0.2, 0) is 14.3 Å². The lowest BCUT2D eigenvalue weighted by Crippen LogP contribution is -2.35. The molecule has 154 valence electrons. The average Bonchev–Trinajstić information content (AvgIpc) is 2.68. The van der Waals surface area contributed by atoms with Crippen LogP contribution >= 0.6 is 0 Å². The highest BCUT2D eigenvalue weighted by Gasteiger charge is 2.25. The smallest absolute Gasteiger partial charge is 0.287 e. The van der Waals surface area contributed by atoms with Gasteiger partial charge in [-0.25, -0.2) is 4.98 Å². The minimum atomic E-state index is -0.514. The minimum absolute atomic E-state index is 0.0810. The fraction of sp³-hybridized carbons (Fsp3) is 0.556. The maximum atomic E-state index is 12.3. The Hall–Kier alpha value is -2.72. The van der Waals surface area contributed by atoms with Gasteiger partial charge in [-0.05, 0) is 30.9 Å². The lowest BCUT2D eigenvalue weighted by molar-refractivity contribution is -0.385. The van der Waals surface area contributed by atoms with Gasteiger partial charge in [0.1, 0.15) is 12.0 Å². The molecule has 3 N–H and O–H groups in total. The van der Waals surface area contributed by atoms with Gasteiger partial charge in [-0.1, -0.05) is 6.92 Å². The SMILES string of the molecule is C[C@@H]1C=C(C(=O)NCCNc2ccc([N+](=O)[O-])cn2)O[C@H](OCCCCO)C1. The molecule has 0 bridgehead atoms. The Labute approximate surface area is 163 Å². The highest BCUT2D eigenvalue weighted by Crippen LogP contribution is 2.23. The van der Waals surface area contributed by atoms with Crippen LogP contribution in [0.25, 0.3) is 0 Å². The molecule has 2 atom stereocenters. The van der Waals surface area contributed by atoms with E-state index in [0.717, 1.165) is 6.42 Å². The normalized spacial score (nSPS) is 18.7. The number of nitrogens with zero attached hydrogens (tertiary/aromatic N) is 2. The number of aliphatic hydroxyl groups is 1. The number of nitro groups is 1. The van der Waals surface area contributed by atoms with Crippen molar-refractivity contribution in [3.05, 3.63) is 40.3 Å². The number of aromatic nitrogens is 1. The van der Waals surface area contributed by atoms with Crippen LogP contribution in [0.15, 0.2) is 30.2 Å². The molecule has 2 rings (SSSR count). The number of allylic oxidation sites excluding steroid dienone is 1. The molecule has 1 aliphatic rings. The van der Waals surface area contributed by atoms with E-state index in [0.29, 0.717) is 38.4 Å². The van der Waals surface area contributed by atoms with E-state index in [-0.39, 0.29) is 29.9 Å². The number of amides is 1. The van der Waals surface area contributed by atoms with Crippen LogP contribution in [0.5, 0.6) is 0 Å². The number of ether oxygens (including phenoxy) is 2. The number of aliphatic hydroxyl groups excluding tert-OH is 1. The summed E-state index contributed by atoms with van der Waals surface area (Å²) in [5.41, 5.74) is -0.0810. The monoisotopic (exact) mass is 394 g/mol. The Morgan fingerprint density at radius 3 is 2.93 bits per heavy atom. The number of hydrogen-bond donors (Lipinski definition) is 3. The second-order valence-electron chi connectivity index (χ2n) is 6.43. The van der Waals surface area contributed by atoms with E-state index in [4.69, 9.17) is 14.6 Å². The fourth-order valence-corrected chi connectivity index (χ4v) is 2.57. The first-order valence-corrected chi connectivity index (χ1v) is 9.23. The van der Waals surface area contributed by atoms with Crippen LogP contribution in [0.4, 0.5) is 11.5 Å². The molecule has 2 heterocycles. The summed E-state index contributed by atoms with van der Waals surface area (Å²) >= 11 is 0. The molecule has 0 fully saturated rings. The van der Waals surface area contributed by atoms with Crippen LogP contribution in [-0.4, -0.2) is 53.5 Å². The zero-order valence-corrected chi connectivity index (χ0v) is 15.8. The number of rotatable bonds is 11. The van der Waals surface area contributed by atoms with E-state index in [1.807, 2.05) is 6.92 Å². The number of carbonyl (C=O) groups excluding carboxylic acids is 1. The summed E-state index contributed by atoms with van der Waals surface area (Å²) in [6.45, 7) is 3.32. The molecule has 0 aliphatic carbocycles. The largest absolute Gasteiger partial charge is 0.459 e. The Kier molecular flexibility index (Phi) is 8.63. The van der Waals surface area contributed by atoms with E-state index in [2.05, 4.69) is 15.6 Å². The Morgan fingerprint density at radius 1 is 1.43 bits per heavy atom. The van der Waals surface area contributed by atoms with Gasteiger partial charge in [-0.2, -0.15) is 0 Å². The molecule has 0 radical (unpaired) electrons. The van der Waals surface area contributed by atoms with Gasteiger partial charge >= 0.3 is 0 Å². The predicted octanol–water partition coefficient (Wildman–Crippen LogP) is 1.57. The van der Waals surface area contributed by atoms with Crippen LogP contribution in [0.1, 0.15) is 26.2 Å². The fourth-order valence-electron chi connectivity index (χ4n) is 2.57. The second-order valence-corrected chi connectivity index (χ2v) is 6.43. The molecule has 1 aromatic heterocycles. The van der Waals surface area contributed by atoms with E-state index < -0.39 is 11.2 Å². The molecule has 28 heavy (non-hydrogen) atoms. The third-order valence-corrected chi connectivity index (χ3v) is 4.01. The maximum Gasteiger partial charge on any atom is 0.287 e. The molecule has 1 aliphatic heterocycles. The Balaban J connectivity index is 1.71. The van der Waals surface area contributed by atoms with Crippen LogP contribution < -0.4 is 10.6 Å². The molecule has 0 aromatic carbocycles. The van der Waals surface area contributed by atoms with Gasteiger partial charge in [0, 0.05) is 32.2 Å². The summed E-state index contributed by atoms with van der Waals surface area (Å²) in [7, 11) is 0. The molecule has 10 heteroatoms. The number of anilines is 1. The highest BCUT2D eigenvalue weighted by molar-refractivity contribution is 5.91. The lowest BCUT2D eigenvalue weighted by Gasteiger charge is -2.27. The summed E-state index contributed by atoms with van der Waals surface area (Å²) in [5.74, 6) is 0.547. The highest BCUT2D eigenvalue weighted by atomic mass is 16.7. The summed E-state index contributed by atoms with van der Waals surface area (Å²) in [6.07, 6.45) is 4.54. The lowest BCUT2D eigenvalue weighted by atomic mass is 10.0. The molecule has 10 nitrogen and oxygen atoms in total. The van der Waals surface area contributed by atoms with E-state index in [1.165, 1.54) is 18.3 Å². The first-order chi connectivity index (χ1) is 13.5. The van der Waals surface area contributed by atoms with Crippen molar-refractivity contribution in [2.45, 2.75) is 32.5 Å². The summed E-state index contributed by atoms with van der Waals surface area (Å²) in [6, 6.07) is 2.86. The number of pyridine rings is 1. The quantitative estimate of drug-likeness (QED) is 0.292. The first-order valence-electron chi connectivity index (χ1n) is 9.23. The number of hydrogen-bond acceptors (Lipinski definition) is 8. The molecule has 0 unspecified atom stereocenters. The third kappa shape index (κ3) is 7.12. The number of carbonyl (C=O) groups is 1. The zero-order valence-electron chi connectivity index (χ0n) is 15.8. The second kappa shape index (κ2) is 11.2. The standard InChI is InChI=1S/C18H26N4O6/c1-13-10-15(28-17(11-13)27-9-3-2-8-23)18(24)20-7-6-19-16-5-4-14(12-21-16)22(25)26/h4-5,10,12-13,17,23H,2-3,6-9,11H2,1H3,(H,19,21)(H,20,24)/t13-,17+/m1/s1. The Bertz CT molecular complexity index is 679. The molecular weight excluding hydrogens is 368 g/mol. The molecule has 0 saturated heterocycles. The third-order valence-electron chi connectivity index (χ3n) is 4.01. The van der Waals surface area contributed by atoms with Crippen molar-refractivity contribution >= 4 is 17.4 Å². The zero-order chi connectivity index (χ0) is 20.4. The van der Waals surface area contributed by atoms with Crippen molar-refractivity contribution in [1.82, 2.24) is 10.3 Å². The molecule has 1 aromatic rings. The van der Waals surface area contributed by atoms with Gasteiger partial charge in [0.05, 0.1) is 11.5 Å². The summed E-state index contributed by atoms with van der Waals surface area (Å²) in [5, 5.41) is 25.1. The van der Waals surface area contributed by atoms with Gasteiger partial charge < -0.3 is 25.2 Å². The number of unbranched alkanes of at least 4 members (excludes halogenated alkanes) is 1. The van der Waals surface area contributed by atoms with Gasteiger partial charge in [0.2, 0.25) is 6.29 Å². The predicted molar refractivity (Wildman–Crippen MR) is 101 cm³/mol. The van der Waals surface area contributed by atoms with Gasteiger partial charge in [-0.15, -0.1) is 0 Å². The van der Waals surface area contributed by atoms with Crippen LogP contribution in [0.3, 0.4) is 0 Å². The van der Waals surface area contributed by atoms with Crippen LogP contribution in [0.2, 0.25) is 0 Å². The van der Waals surface area contributed by atoms with E-state index >= 15 is 0 Å². The topological polar surface area (TPSA) is 136 Å². The molecule has 1 amide bonds. The van der Waals surface area contributed by atoms with Crippen molar-refractivity contribution in [2.24, 2.45) is 5.92 Å². The van der Waals surface area contributed by atoms with E-state index in [9.17, 15) is 14.9 Å². The maximum absolute atomic E-state index is 12.3. The van der Waals surface area contributed by atoms with Crippen molar-refractivity contribution in [2.75, 3.05) is 31.6 Å². The van der Waals surface area contributed by atoms with Crippen molar-refractivity contribution < 1.29 is 24.3 Å².